The van der Waals surface area contributed by atoms with Crippen molar-refractivity contribution in [2.24, 2.45) is 0 Å². The number of amides is 3. The molecule has 0 rings (SSSR count). The van der Waals surface area contributed by atoms with Crippen LogP contribution >= 0.6 is 0 Å². The Balaban J connectivity index is 4.25. The zero-order chi connectivity index (χ0) is 20.7. The van der Waals surface area contributed by atoms with E-state index in [1.165, 1.54) is 39.0 Å². The molecule has 8 heteroatoms. The smallest absolute Gasteiger partial charge is 0.414 e. The van der Waals surface area contributed by atoms with Gasteiger partial charge in [0.1, 0.15) is 0 Å². The first-order valence-electron chi connectivity index (χ1n) is 9.98. The van der Waals surface area contributed by atoms with Gasteiger partial charge in [-0.1, -0.05) is 58.3 Å². The minimum absolute atomic E-state index is 0.129. The standard InChI is InChI=1S/C19H36N2O6/c1-3-4-5-6-7-8-9-10-11-12-17(23)21(19(26)27)15-16(2)20(13-14-22)18(24)25/h16,22H,3-15H2,1-2H3,(H,24,25)(H,26,27). The number of carbonyl (C=O) groups is 3. The maximum absolute atomic E-state index is 12.2. The molecule has 1 atom stereocenters. The van der Waals surface area contributed by atoms with Crippen LogP contribution in [0, 0.1) is 0 Å². The van der Waals surface area contributed by atoms with E-state index in [1.807, 2.05) is 0 Å². The number of aliphatic hydroxyl groups excluding tert-OH is 1. The third-order valence-electron chi connectivity index (χ3n) is 4.59. The van der Waals surface area contributed by atoms with E-state index in [9.17, 15) is 19.5 Å². The first-order chi connectivity index (χ1) is 12.8. The third kappa shape index (κ3) is 11.5. The molecule has 0 aliphatic carbocycles. The van der Waals surface area contributed by atoms with E-state index in [1.54, 1.807) is 0 Å². The van der Waals surface area contributed by atoms with Crippen LogP contribution in [-0.4, -0.2) is 69.0 Å². The molecule has 0 aliphatic heterocycles. The molecule has 158 valence electrons. The highest BCUT2D eigenvalue weighted by Crippen LogP contribution is 2.12. The highest BCUT2D eigenvalue weighted by molar-refractivity contribution is 5.91. The van der Waals surface area contributed by atoms with Crippen LogP contribution in [0.25, 0.3) is 0 Å². The van der Waals surface area contributed by atoms with E-state index < -0.39 is 24.1 Å². The summed E-state index contributed by atoms with van der Waals surface area (Å²) in [6.07, 6.45) is 7.39. The van der Waals surface area contributed by atoms with Crippen LogP contribution in [0.1, 0.15) is 78.1 Å². The van der Waals surface area contributed by atoms with E-state index in [2.05, 4.69) is 6.92 Å². The molecule has 3 N–H and O–H groups in total. The van der Waals surface area contributed by atoms with E-state index in [4.69, 9.17) is 10.2 Å². The van der Waals surface area contributed by atoms with E-state index >= 15 is 0 Å². The summed E-state index contributed by atoms with van der Waals surface area (Å²) in [6, 6.07) is -0.724. The zero-order valence-corrected chi connectivity index (χ0v) is 16.7. The fourth-order valence-corrected chi connectivity index (χ4v) is 2.98. The predicted molar refractivity (Wildman–Crippen MR) is 103 cm³/mol. The summed E-state index contributed by atoms with van der Waals surface area (Å²) in [6.45, 7) is 2.97. The van der Waals surface area contributed by atoms with Gasteiger partial charge in [-0.05, 0) is 13.3 Å². The lowest BCUT2D eigenvalue weighted by molar-refractivity contribution is -0.129. The van der Waals surface area contributed by atoms with E-state index in [-0.39, 0.29) is 26.1 Å². The molecule has 0 saturated carbocycles. The Morgan fingerprint density at radius 3 is 1.81 bits per heavy atom. The van der Waals surface area contributed by atoms with Crippen molar-refractivity contribution >= 4 is 18.1 Å². The molecule has 0 spiro atoms. The van der Waals surface area contributed by atoms with Crippen molar-refractivity contribution in [1.82, 2.24) is 9.80 Å². The lowest BCUT2D eigenvalue weighted by Gasteiger charge is -2.29. The molecule has 0 aromatic heterocycles. The predicted octanol–water partition coefficient (Wildman–Crippen LogP) is 3.77. The van der Waals surface area contributed by atoms with Gasteiger partial charge >= 0.3 is 12.2 Å². The molecule has 0 aromatic rings. The summed E-state index contributed by atoms with van der Waals surface area (Å²) in [7, 11) is 0. The summed E-state index contributed by atoms with van der Waals surface area (Å²) in [5, 5.41) is 27.3. The maximum Gasteiger partial charge on any atom is 0.414 e. The van der Waals surface area contributed by atoms with E-state index in [0.29, 0.717) is 11.3 Å². The Kier molecular flexibility index (Phi) is 14.2. The molecular formula is C19H36N2O6. The van der Waals surface area contributed by atoms with Crippen LogP contribution in [0.2, 0.25) is 0 Å². The van der Waals surface area contributed by atoms with Crippen molar-refractivity contribution < 1.29 is 29.7 Å². The molecule has 3 amide bonds. The third-order valence-corrected chi connectivity index (χ3v) is 4.59. The minimum Gasteiger partial charge on any atom is -0.465 e. The molecule has 0 heterocycles. The van der Waals surface area contributed by atoms with Gasteiger partial charge in [0.2, 0.25) is 5.91 Å². The largest absolute Gasteiger partial charge is 0.465 e. The molecule has 0 fully saturated rings. The highest BCUT2D eigenvalue weighted by Gasteiger charge is 2.27. The first kappa shape index (κ1) is 25.2. The number of carboxylic acid groups (broad SMARTS) is 2. The van der Waals surface area contributed by atoms with Gasteiger partial charge in [0.15, 0.2) is 0 Å². The molecule has 0 aromatic carbocycles. The van der Waals surface area contributed by atoms with Crippen LogP contribution in [0.4, 0.5) is 9.59 Å². The van der Waals surface area contributed by atoms with Crippen molar-refractivity contribution in [2.45, 2.75) is 84.1 Å². The summed E-state index contributed by atoms with van der Waals surface area (Å²) in [4.78, 5) is 36.4. The first-order valence-corrected chi connectivity index (χ1v) is 9.98. The van der Waals surface area contributed by atoms with Gasteiger partial charge in [0.05, 0.1) is 19.2 Å². The van der Waals surface area contributed by atoms with Crippen molar-refractivity contribution in [3.05, 3.63) is 0 Å². The number of imide groups is 1. The molecule has 0 aliphatic rings. The Morgan fingerprint density at radius 1 is 0.852 bits per heavy atom. The van der Waals surface area contributed by atoms with Gasteiger partial charge in [-0.15, -0.1) is 0 Å². The fourth-order valence-electron chi connectivity index (χ4n) is 2.98. The molecule has 27 heavy (non-hydrogen) atoms. The van der Waals surface area contributed by atoms with Gasteiger partial charge in [0, 0.05) is 13.0 Å². The number of hydrogen-bond acceptors (Lipinski definition) is 4. The summed E-state index contributed by atoms with van der Waals surface area (Å²) >= 11 is 0. The Hall–Kier alpha value is -1.83. The van der Waals surface area contributed by atoms with Crippen molar-refractivity contribution in [3.63, 3.8) is 0 Å². The molecule has 0 bridgehead atoms. The number of aliphatic hydroxyl groups is 1. The minimum atomic E-state index is -1.38. The molecule has 8 nitrogen and oxygen atoms in total. The van der Waals surface area contributed by atoms with Crippen molar-refractivity contribution in [2.75, 3.05) is 19.7 Å². The van der Waals surface area contributed by atoms with Crippen molar-refractivity contribution in [3.8, 4) is 0 Å². The fraction of sp³-hybridized carbons (Fsp3) is 0.842. The Bertz CT molecular complexity index is 444. The lowest BCUT2D eigenvalue weighted by atomic mass is 10.1. The lowest BCUT2D eigenvalue weighted by Crippen LogP contribution is -2.49. The molecule has 0 saturated heterocycles. The number of carbonyl (C=O) groups excluding carboxylic acids is 1. The normalized spacial score (nSPS) is 11.8. The van der Waals surface area contributed by atoms with Gasteiger partial charge in [-0.25, -0.2) is 14.5 Å². The maximum atomic E-state index is 12.2. The van der Waals surface area contributed by atoms with Crippen LogP contribution in [-0.2, 0) is 4.79 Å². The van der Waals surface area contributed by atoms with Gasteiger partial charge < -0.3 is 20.2 Å². The number of rotatable bonds is 15. The monoisotopic (exact) mass is 388 g/mol. The summed E-state index contributed by atoms with van der Waals surface area (Å²) < 4.78 is 0. The van der Waals surface area contributed by atoms with Gasteiger partial charge in [-0.2, -0.15) is 0 Å². The number of nitrogens with zero attached hydrogens (tertiary/aromatic N) is 2. The second-order valence-electron chi connectivity index (χ2n) is 6.91. The van der Waals surface area contributed by atoms with Gasteiger partial charge in [0.25, 0.3) is 0 Å². The Labute approximate surface area is 162 Å². The second kappa shape index (κ2) is 15.2. The van der Waals surface area contributed by atoms with E-state index in [0.717, 1.165) is 24.2 Å². The number of hydrogen-bond donors (Lipinski definition) is 3. The second-order valence-corrected chi connectivity index (χ2v) is 6.91. The van der Waals surface area contributed by atoms with Crippen LogP contribution in [0.5, 0.6) is 0 Å². The zero-order valence-electron chi connectivity index (χ0n) is 16.7. The van der Waals surface area contributed by atoms with Gasteiger partial charge in [-0.3, -0.25) is 4.79 Å². The molecule has 0 radical (unpaired) electrons. The SMILES string of the molecule is CCCCCCCCCCCC(=O)N(CC(C)N(CCO)C(=O)O)C(=O)O. The quantitative estimate of drug-likeness (QED) is 0.367. The summed E-state index contributed by atoms with van der Waals surface area (Å²) in [5.41, 5.74) is 0. The van der Waals surface area contributed by atoms with Crippen molar-refractivity contribution in [1.29, 1.82) is 0 Å². The Morgan fingerprint density at radius 2 is 1.37 bits per heavy atom. The summed E-state index contributed by atoms with van der Waals surface area (Å²) in [5.74, 6) is -0.508. The number of unbranched alkanes of at least 4 members (excludes halogenated alkanes) is 8. The average molecular weight is 389 g/mol. The highest BCUT2D eigenvalue weighted by atomic mass is 16.4. The topological polar surface area (TPSA) is 118 Å². The van der Waals surface area contributed by atoms with Crippen LogP contribution < -0.4 is 0 Å². The average Bonchev–Trinajstić information content (AvgIpc) is 2.61. The molecular weight excluding hydrogens is 352 g/mol. The molecule has 1 unspecified atom stereocenters. The van der Waals surface area contributed by atoms with Crippen LogP contribution in [0.15, 0.2) is 0 Å². The van der Waals surface area contributed by atoms with Crippen LogP contribution in [0.3, 0.4) is 0 Å².